The van der Waals surface area contributed by atoms with Gasteiger partial charge in [-0.1, -0.05) is 0 Å². The first-order valence-electron chi connectivity index (χ1n) is 3.22. The minimum atomic E-state index is -3.98. The van der Waals surface area contributed by atoms with Crippen LogP contribution in [0.25, 0.3) is 0 Å². The predicted molar refractivity (Wildman–Crippen MR) is 42.7 cm³/mol. The van der Waals surface area contributed by atoms with Crippen LogP contribution in [0.15, 0.2) is 0 Å². The first-order chi connectivity index (χ1) is 4.89. The maximum atomic E-state index is 10.6. The van der Waals surface area contributed by atoms with E-state index in [1.165, 1.54) is 4.90 Å². The molecular formula is C5H14N2O3S. The van der Waals surface area contributed by atoms with E-state index in [0.29, 0.717) is 0 Å². The molecule has 0 aliphatic heterocycles. The number of nitrogens with zero attached hydrogens (tertiary/aromatic N) is 1. The first kappa shape index (κ1) is 10.8. The van der Waals surface area contributed by atoms with Gasteiger partial charge in [-0.15, -0.1) is 0 Å². The summed E-state index contributed by atoms with van der Waals surface area (Å²) in [6, 6.07) is 0. The van der Waals surface area contributed by atoms with Gasteiger partial charge in [-0.05, 0) is 27.1 Å². The van der Waals surface area contributed by atoms with Crippen molar-refractivity contribution >= 4 is 10.1 Å². The molecule has 0 aliphatic carbocycles. The third kappa shape index (κ3) is 3.66. The lowest BCUT2D eigenvalue weighted by Gasteiger charge is -2.19. The van der Waals surface area contributed by atoms with Crippen LogP contribution < -0.4 is 5.73 Å². The van der Waals surface area contributed by atoms with Gasteiger partial charge in [-0.2, -0.15) is 8.42 Å². The van der Waals surface area contributed by atoms with Crippen molar-refractivity contribution < 1.29 is 13.0 Å². The molecule has 0 saturated heterocycles. The molecule has 0 heterocycles. The Kier molecular flexibility index (Phi) is 3.95. The zero-order valence-electron chi connectivity index (χ0n) is 6.69. The summed E-state index contributed by atoms with van der Waals surface area (Å²) in [5.74, 6) is 0. The zero-order valence-corrected chi connectivity index (χ0v) is 7.50. The maximum Gasteiger partial charge on any atom is 0.281 e. The summed E-state index contributed by atoms with van der Waals surface area (Å²) in [5.41, 5.74) is 5.16. The fourth-order valence-corrected chi connectivity index (χ4v) is 1.78. The Morgan fingerprint density at radius 2 is 2.00 bits per heavy atom. The van der Waals surface area contributed by atoms with Crippen molar-refractivity contribution in [3.63, 3.8) is 0 Å². The van der Waals surface area contributed by atoms with Crippen molar-refractivity contribution in [1.29, 1.82) is 0 Å². The quantitative estimate of drug-likeness (QED) is 0.551. The lowest BCUT2D eigenvalue weighted by Crippen LogP contribution is -2.37. The average Bonchev–Trinajstić information content (AvgIpc) is 1.79. The normalized spacial score (nSPS) is 15.4. The molecule has 0 aromatic heterocycles. The predicted octanol–water partition coefficient (Wildman–Crippen LogP) is -0.889. The van der Waals surface area contributed by atoms with E-state index in [1.54, 1.807) is 14.1 Å². The lowest BCUT2D eigenvalue weighted by molar-refractivity contribution is 0.326. The van der Waals surface area contributed by atoms with Crippen LogP contribution in [0.5, 0.6) is 0 Å². The van der Waals surface area contributed by atoms with E-state index in [-0.39, 0.29) is 13.0 Å². The third-order valence-electron chi connectivity index (χ3n) is 1.33. The number of rotatable bonds is 4. The molecule has 0 radical (unpaired) electrons. The van der Waals surface area contributed by atoms with Crippen molar-refractivity contribution in [2.24, 2.45) is 5.73 Å². The van der Waals surface area contributed by atoms with Gasteiger partial charge in [0, 0.05) is 0 Å². The molecule has 0 saturated carbocycles. The average molecular weight is 182 g/mol. The Morgan fingerprint density at radius 3 is 2.09 bits per heavy atom. The van der Waals surface area contributed by atoms with Crippen molar-refractivity contribution in [1.82, 2.24) is 4.90 Å². The SMILES string of the molecule is CN(C)C(CCN)S(=O)(=O)O. The standard InChI is InChI=1S/C5H14N2O3S/c1-7(2)5(3-4-6)11(8,9)10/h5H,3-4,6H2,1-2H3,(H,8,9,10). The summed E-state index contributed by atoms with van der Waals surface area (Å²) in [6.07, 6.45) is 0.242. The molecule has 0 spiro atoms. The second kappa shape index (κ2) is 4.01. The first-order valence-corrected chi connectivity index (χ1v) is 4.72. The van der Waals surface area contributed by atoms with Crippen LogP contribution >= 0.6 is 0 Å². The van der Waals surface area contributed by atoms with E-state index in [2.05, 4.69) is 0 Å². The minimum absolute atomic E-state index is 0.239. The molecular weight excluding hydrogens is 168 g/mol. The second-order valence-corrected chi connectivity index (χ2v) is 4.08. The van der Waals surface area contributed by atoms with Gasteiger partial charge in [0.15, 0.2) is 0 Å². The van der Waals surface area contributed by atoms with Crippen molar-refractivity contribution in [3.05, 3.63) is 0 Å². The van der Waals surface area contributed by atoms with Gasteiger partial charge in [-0.3, -0.25) is 9.45 Å². The summed E-state index contributed by atoms with van der Waals surface area (Å²) >= 11 is 0. The molecule has 0 aromatic rings. The highest BCUT2D eigenvalue weighted by Gasteiger charge is 2.23. The molecule has 1 atom stereocenters. The largest absolute Gasteiger partial charge is 0.330 e. The van der Waals surface area contributed by atoms with Gasteiger partial charge in [-0.25, -0.2) is 0 Å². The Labute approximate surface area is 66.9 Å². The summed E-state index contributed by atoms with van der Waals surface area (Å²) in [5, 5.41) is -0.882. The fraction of sp³-hybridized carbons (Fsp3) is 1.00. The fourth-order valence-electron chi connectivity index (χ4n) is 0.816. The highest BCUT2D eigenvalue weighted by molar-refractivity contribution is 7.86. The molecule has 68 valence electrons. The molecule has 3 N–H and O–H groups in total. The summed E-state index contributed by atoms with van der Waals surface area (Å²) in [4.78, 5) is 1.42. The number of hydrogen-bond donors (Lipinski definition) is 2. The molecule has 1 unspecified atom stereocenters. The molecule has 6 heteroatoms. The molecule has 0 fully saturated rings. The molecule has 11 heavy (non-hydrogen) atoms. The van der Waals surface area contributed by atoms with E-state index in [0.717, 1.165) is 0 Å². The Bertz CT molecular complexity index is 200. The maximum absolute atomic E-state index is 10.6. The molecule has 0 amide bonds. The zero-order chi connectivity index (χ0) is 9.07. The Balaban J connectivity index is 4.36. The van der Waals surface area contributed by atoms with Crippen LogP contribution in [0.2, 0.25) is 0 Å². The van der Waals surface area contributed by atoms with Crippen LogP contribution in [0, 0.1) is 0 Å². The molecule has 0 rings (SSSR count). The van der Waals surface area contributed by atoms with E-state index >= 15 is 0 Å². The van der Waals surface area contributed by atoms with Gasteiger partial charge in [0.25, 0.3) is 10.1 Å². The van der Waals surface area contributed by atoms with Crippen LogP contribution in [0.4, 0.5) is 0 Å². The van der Waals surface area contributed by atoms with E-state index in [1.807, 2.05) is 0 Å². The van der Waals surface area contributed by atoms with Gasteiger partial charge in [0.2, 0.25) is 0 Å². The summed E-state index contributed by atoms with van der Waals surface area (Å²) < 4.78 is 29.9. The summed E-state index contributed by atoms with van der Waals surface area (Å²) in [6.45, 7) is 0.239. The molecule has 0 aromatic carbocycles. The Morgan fingerprint density at radius 1 is 1.55 bits per heavy atom. The second-order valence-electron chi connectivity index (χ2n) is 2.51. The van der Waals surface area contributed by atoms with Gasteiger partial charge in [0.1, 0.15) is 5.37 Å². The summed E-state index contributed by atoms with van der Waals surface area (Å²) in [7, 11) is -0.825. The van der Waals surface area contributed by atoms with Crippen LogP contribution in [-0.2, 0) is 10.1 Å². The van der Waals surface area contributed by atoms with E-state index < -0.39 is 15.5 Å². The smallest absolute Gasteiger partial charge is 0.281 e. The van der Waals surface area contributed by atoms with Crippen LogP contribution in [0.1, 0.15) is 6.42 Å². The molecule has 0 aliphatic rings. The molecule has 5 nitrogen and oxygen atoms in total. The van der Waals surface area contributed by atoms with E-state index in [9.17, 15) is 8.42 Å². The minimum Gasteiger partial charge on any atom is -0.330 e. The topological polar surface area (TPSA) is 83.6 Å². The number of nitrogens with two attached hydrogens (primary N) is 1. The highest BCUT2D eigenvalue weighted by Crippen LogP contribution is 2.05. The van der Waals surface area contributed by atoms with Crippen LogP contribution in [-0.4, -0.2) is 43.9 Å². The third-order valence-corrected chi connectivity index (χ3v) is 2.68. The monoisotopic (exact) mass is 182 g/mol. The van der Waals surface area contributed by atoms with Gasteiger partial charge in [0.05, 0.1) is 0 Å². The van der Waals surface area contributed by atoms with E-state index in [4.69, 9.17) is 10.3 Å². The van der Waals surface area contributed by atoms with Crippen molar-refractivity contribution in [2.45, 2.75) is 11.8 Å². The van der Waals surface area contributed by atoms with Crippen molar-refractivity contribution in [2.75, 3.05) is 20.6 Å². The van der Waals surface area contributed by atoms with Gasteiger partial charge >= 0.3 is 0 Å². The van der Waals surface area contributed by atoms with Crippen LogP contribution in [0.3, 0.4) is 0 Å². The van der Waals surface area contributed by atoms with Crippen molar-refractivity contribution in [3.8, 4) is 0 Å². The highest BCUT2D eigenvalue weighted by atomic mass is 32.2. The van der Waals surface area contributed by atoms with Gasteiger partial charge < -0.3 is 5.73 Å². The number of hydrogen-bond acceptors (Lipinski definition) is 4. The molecule has 0 bridgehead atoms. The lowest BCUT2D eigenvalue weighted by atomic mass is 10.4. The Hall–Kier alpha value is -0.170.